The Bertz CT molecular complexity index is 1050. The van der Waals surface area contributed by atoms with E-state index in [0.717, 1.165) is 5.56 Å². The van der Waals surface area contributed by atoms with E-state index in [9.17, 15) is 4.79 Å². The molecule has 142 valence electrons. The minimum Gasteiger partial charge on any atom is -0.497 e. The summed E-state index contributed by atoms with van der Waals surface area (Å²) in [4.78, 5) is 20.3. The summed E-state index contributed by atoms with van der Waals surface area (Å²) in [6.07, 6.45) is 0. The van der Waals surface area contributed by atoms with Crippen molar-refractivity contribution in [2.45, 2.75) is 40.0 Å². The van der Waals surface area contributed by atoms with Gasteiger partial charge in [0, 0.05) is 17.7 Å². The average Bonchev–Trinajstić information content (AvgIpc) is 2.58. The molecule has 27 heavy (non-hydrogen) atoms. The maximum absolute atomic E-state index is 12.7. The molecule has 0 aliphatic heterocycles. The van der Waals surface area contributed by atoms with E-state index in [1.807, 2.05) is 0 Å². The highest BCUT2D eigenvalue weighted by Crippen LogP contribution is 2.33. The summed E-state index contributed by atoms with van der Waals surface area (Å²) < 4.78 is 10.7. The Morgan fingerprint density at radius 3 is 2.11 bits per heavy atom. The Balaban J connectivity index is 2.26. The van der Waals surface area contributed by atoms with Gasteiger partial charge >= 0.3 is 0 Å². The minimum absolute atomic E-state index is 0.0532. The number of fused-ring (bicyclic) bond motifs is 1. The quantitative estimate of drug-likeness (QED) is 0.740. The van der Waals surface area contributed by atoms with Gasteiger partial charge in [-0.05, 0) is 48.1 Å². The van der Waals surface area contributed by atoms with Gasteiger partial charge in [0.2, 0.25) is 0 Å². The van der Waals surface area contributed by atoms with Crippen LogP contribution in [0.4, 0.5) is 0 Å². The van der Waals surface area contributed by atoms with Crippen molar-refractivity contribution in [3.05, 3.63) is 51.3 Å². The van der Waals surface area contributed by atoms with Crippen molar-refractivity contribution in [1.29, 1.82) is 0 Å². The third kappa shape index (κ3) is 3.42. The first kappa shape index (κ1) is 19.0. The molecule has 1 aromatic heterocycles. The van der Waals surface area contributed by atoms with Gasteiger partial charge in [0.05, 0.1) is 19.7 Å². The smallest absolute Gasteiger partial charge is 0.262 e. The zero-order chi connectivity index (χ0) is 19.9. The molecular weight excluding hydrogens is 340 g/mol. The number of benzene rings is 2. The molecule has 0 fully saturated rings. The predicted octanol–water partition coefficient (Wildman–Crippen LogP) is 4.52. The maximum atomic E-state index is 12.7. The summed E-state index contributed by atoms with van der Waals surface area (Å²) in [5, 5.41) is 0.418. The second-order valence-corrected chi connectivity index (χ2v) is 7.87. The van der Waals surface area contributed by atoms with Crippen LogP contribution in [0.5, 0.6) is 11.5 Å². The van der Waals surface area contributed by atoms with E-state index < -0.39 is 0 Å². The highest BCUT2D eigenvalue weighted by Gasteiger charge is 2.20. The van der Waals surface area contributed by atoms with Gasteiger partial charge in [-0.15, -0.1) is 0 Å². The van der Waals surface area contributed by atoms with Crippen molar-refractivity contribution in [3.63, 3.8) is 0 Å². The molecule has 0 radical (unpaired) electrons. The number of aryl methyl sites for hydroxylation is 2. The van der Waals surface area contributed by atoms with Gasteiger partial charge < -0.3 is 14.5 Å². The summed E-state index contributed by atoms with van der Waals surface area (Å²) >= 11 is 0. The Morgan fingerprint density at radius 2 is 1.59 bits per heavy atom. The fourth-order valence-corrected chi connectivity index (χ4v) is 3.91. The zero-order valence-electron chi connectivity index (χ0n) is 17.0. The van der Waals surface area contributed by atoms with E-state index >= 15 is 0 Å². The van der Waals surface area contributed by atoms with E-state index in [4.69, 9.17) is 9.47 Å². The molecule has 5 heteroatoms. The maximum Gasteiger partial charge on any atom is 0.262 e. The van der Waals surface area contributed by atoms with Crippen molar-refractivity contribution in [1.82, 2.24) is 9.97 Å². The Kier molecular flexibility index (Phi) is 4.72. The number of nitrogens with zero attached hydrogens (tertiary/aromatic N) is 1. The normalized spacial score (nSPS) is 11.7. The number of H-pyrrole nitrogens is 1. The lowest BCUT2D eigenvalue weighted by Gasteiger charge is -2.25. The second kappa shape index (κ2) is 6.72. The number of aromatic amines is 1. The van der Waals surface area contributed by atoms with Crippen LogP contribution in [-0.2, 0) is 5.41 Å². The summed E-state index contributed by atoms with van der Waals surface area (Å²) in [6.45, 7) is 10.8. The summed E-state index contributed by atoms with van der Waals surface area (Å²) in [5.74, 6) is 1.58. The van der Waals surface area contributed by atoms with Gasteiger partial charge in [-0.25, -0.2) is 4.98 Å². The lowest BCUT2D eigenvalue weighted by Crippen LogP contribution is -2.16. The van der Waals surface area contributed by atoms with Crippen LogP contribution in [0.1, 0.15) is 37.5 Å². The molecule has 1 heterocycles. The van der Waals surface area contributed by atoms with Crippen LogP contribution in [-0.4, -0.2) is 24.2 Å². The number of nitrogens with one attached hydrogen (secondary N) is 1. The molecule has 0 aliphatic carbocycles. The third-order valence-electron chi connectivity index (χ3n) is 4.76. The summed E-state index contributed by atoms with van der Waals surface area (Å²) in [7, 11) is 3.10. The van der Waals surface area contributed by atoms with Gasteiger partial charge in [0.25, 0.3) is 5.56 Å². The van der Waals surface area contributed by atoms with E-state index in [1.54, 1.807) is 19.2 Å². The number of hydrogen-bond donors (Lipinski definition) is 1. The van der Waals surface area contributed by atoms with Crippen LogP contribution in [0.15, 0.2) is 29.1 Å². The molecule has 0 saturated heterocycles. The van der Waals surface area contributed by atoms with E-state index in [-0.39, 0.29) is 11.0 Å². The molecule has 3 rings (SSSR count). The van der Waals surface area contributed by atoms with Crippen LogP contribution in [0.2, 0.25) is 0 Å². The van der Waals surface area contributed by atoms with Crippen LogP contribution in [0.3, 0.4) is 0 Å². The SMILES string of the molecule is COc1cc(OC)c2c(=O)[nH]c(-c3cc(C)c(C(C)(C)C)c(C)c3)nc2c1. The standard InChI is InChI=1S/C22H26N2O3/c1-12-8-14(9-13(2)19(12)22(3,4)5)20-23-16-10-15(26-6)11-17(27-7)18(16)21(25)24-20/h8-11H,1-7H3,(H,23,24,25). The Labute approximate surface area is 159 Å². The van der Waals surface area contributed by atoms with Crippen LogP contribution >= 0.6 is 0 Å². The number of methoxy groups -OCH3 is 2. The van der Waals surface area contributed by atoms with Crippen LogP contribution in [0, 0.1) is 13.8 Å². The average molecular weight is 366 g/mol. The first-order chi connectivity index (χ1) is 12.7. The molecule has 2 aromatic carbocycles. The highest BCUT2D eigenvalue weighted by atomic mass is 16.5. The monoisotopic (exact) mass is 366 g/mol. The van der Waals surface area contributed by atoms with Crippen molar-refractivity contribution >= 4 is 10.9 Å². The third-order valence-corrected chi connectivity index (χ3v) is 4.76. The van der Waals surface area contributed by atoms with E-state index in [1.165, 1.54) is 23.8 Å². The van der Waals surface area contributed by atoms with Crippen molar-refractivity contribution < 1.29 is 9.47 Å². The molecule has 1 N–H and O–H groups in total. The molecule has 0 spiro atoms. The van der Waals surface area contributed by atoms with Gasteiger partial charge in [0.15, 0.2) is 0 Å². The lowest BCUT2D eigenvalue weighted by molar-refractivity contribution is 0.397. The zero-order valence-corrected chi connectivity index (χ0v) is 17.0. The summed E-state index contributed by atoms with van der Waals surface area (Å²) in [6, 6.07) is 7.59. The first-order valence-electron chi connectivity index (χ1n) is 8.94. The van der Waals surface area contributed by atoms with Gasteiger partial charge in [-0.2, -0.15) is 0 Å². The topological polar surface area (TPSA) is 64.2 Å². The molecule has 0 aliphatic rings. The summed E-state index contributed by atoms with van der Waals surface area (Å²) in [5.41, 5.74) is 4.94. The largest absolute Gasteiger partial charge is 0.497 e. The first-order valence-corrected chi connectivity index (χ1v) is 8.94. The molecule has 0 atom stereocenters. The molecular formula is C22H26N2O3. The lowest BCUT2D eigenvalue weighted by atomic mass is 9.80. The predicted molar refractivity (Wildman–Crippen MR) is 109 cm³/mol. The second-order valence-electron chi connectivity index (χ2n) is 7.87. The number of hydrogen-bond acceptors (Lipinski definition) is 4. The molecule has 3 aromatic rings. The highest BCUT2D eigenvalue weighted by molar-refractivity contribution is 5.87. The van der Waals surface area contributed by atoms with E-state index in [0.29, 0.717) is 28.2 Å². The molecule has 0 bridgehead atoms. The molecule has 0 unspecified atom stereocenters. The van der Waals surface area contributed by atoms with Crippen LogP contribution in [0.25, 0.3) is 22.3 Å². The number of rotatable bonds is 3. The minimum atomic E-state index is -0.232. The van der Waals surface area contributed by atoms with E-state index in [2.05, 4.69) is 56.7 Å². The number of ether oxygens (including phenoxy) is 2. The molecule has 0 amide bonds. The van der Waals surface area contributed by atoms with Gasteiger partial charge in [0.1, 0.15) is 22.7 Å². The fraction of sp³-hybridized carbons (Fsp3) is 0.364. The van der Waals surface area contributed by atoms with Crippen LogP contribution < -0.4 is 15.0 Å². The number of aromatic nitrogens is 2. The van der Waals surface area contributed by atoms with Gasteiger partial charge in [-0.3, -0.25) is 4.79 Å². The fourth-order valence-electron chi connectivity index (χ4n) is 3.91. The molecule has 0 saturated carbocycles. The molecule has 5 nitrogen and oxygen atoms in total. The van der Waals surface area contributed by atoms with Gasteiger partial charge in [-0.1, -0.05) is 20.8 Å². The van der Waals surface area contributed by atoms with Crippen molar-refractivity contribution in [2.24, 2.45) is 0 Å². The van der Waals surface area contributed by atoms with Crippen molar-refractivity contribution in [3.8, 4) is 22.9 Å². The van der Waals surface area contributed by atoms with Crippen molar-refractivity contribution in [2.75, 3.05) is 14.2 Å². The Hall–Kier alpha value is -2.82. The Morgan fingerprint density at radius 1 is 0.963 bits per heavy atom.